The number of esters is 1. The van der Waals surface area contributed by atoms with Crippen LogP contribution >= 0.6 is 22.9 Å². The van der Waals surface area contributed by atoms with Gasteiger partial charge in [-0.1, -0.05) is 53.6 Å². The molecule has 0 bridgehead atoms. The number of aromatic nitrogens is 2. The first-order valence-corrected chi connectivity index (χ1v) is 13.3. The summed E-state index contributed by atoms with van der Waals surface area (Å²) >= 11 is 7.89. The van der Waals surface area contributed by atoms with Gasteiger partial charge in [-0.15, -0.1) is 11.3 Å². The summed E-state index contributed by atoms with van der Waals surface area (Å²) in [6.07, 6.45) is 1.88. The first kappa shape index (κ1) is 25.2. The molecule has 0 aliphatic rings. The number of nitrogens with one attached hydrogen (secondary N) is 1. The molecule has 1 atom stereocenters. The number of pyridine rings is 2. The minimum absolute atomic E-state index is 0.125. The third-order valence-electron chi connectivity index (χ3n) is 6.00. The normalized spacial score (nSPS) is 12.6. The second kappa shape index (κ2) is 9.77. The number of hydrogen-bond donors (Lipinski definition) is 1. The van der Waals surface area contributed by atoms with Crippen LogP contribution in [0.3, 0.4) is 0 Å². The van der Waals surface area contributed by atoms with Crippen LogP contribution in [0, 0.1) is 6.92 Å². The average molecular weight is 530 g/mol. The van der Waals surface area contributed by atoms with Gasteiger partial charge in [-0.25, -0.2) is 9.78 Å². The summed E-state index contributed by atoms with van der Waals surface area (Å²) in [5.74, 6) is -0.516. The van der Waals surface area contributed by atoms with E-state index in [9.17, 15) is 4.79 Å². The first-order chi connectivity index (χ1) is 17.6. The Labute approximate surface area is 225 Å². The van der Waals surface area contributed by atoms with Crippen LogP contribution in [0.25, 0.3) is 31.4 Å². The van der Waals surface area contributed by atoms with Gasteiger partial charge in [0.15, 0.2) is 5.69 Å². The summed E-state index contributed by atoms with van der Waals surface area (Å²) < 4.78 is 7.91. The van der Waals surface area contributed by atoms with Crippen LogP contribution in [0.15, 0.2) is 66.9 Å². The number of rotatable bonds is 5. The molecule has 0 aliphatic heterocycles. The van der Waals surface area contributed by atoms with E-state index in [0.29, 0.717) is 5.69 Å². The number of benzene rings is 2. The van der Waals surface area contributed by atoms with Crippen LogP contribution in [-0.4, -0.2) is 21.5 Å². The average Bonchev–Trinajstić information content (AvgIpc) is 3.22. The molecule has 0 fully saturated rings. The molecule has 0 spiro atoms. The lowest BCUT2D eigenvalue weighted by atomic mass is 10.0. The summed E-state index contributed by atoms with van der Waals surface area (Å²) in [4.78, 5) is 22.0. The highest BCUT2D eigenvalue weighted by Crippen LogP contribution is 2.42. The van der Waals surface area contributed by atoms with Crippen molar-refractivity contribution in [3.8, 4) is 11.1 Å². The predicted octanol–water partition coefficient (Wildman–Crippen LogP) is 8.60. The molecule has 3 aromatic heterocycles. The number of carbonyl (C=O) groups is 1. The number of nitrogens with zero attached hydrogens (tertiary/aromatic N) is 2. The van der Waals surface area contributed by atoms with Gasteiger partial charge < -0.3 is 10.1 Å². The highest BCUT2D eigenvalue weighted by atomic mass is 35.5. The molecule has 7 heteroatoms. The van der Waals surface area contributed by atoms with Gasteiger partial charge in [0, 0.05) is 21.8 Å². The molecule has 5 aromatic rings. The molecule has 188 valence electrons. The Morgan fingerprint density at radius 1 is 1.05 bits per heavy atom. The molecule has 5 rings (SSSR count). The highest BCUT2D eigenvalue weighted by Gasteiger charge is 2.24. The largest absolute Gasteiger partial charge is 0.455 e. The lowest BCUT2D eigenvalue weighted by molar-refractivity contribution is 0.00640. The van der Waals surface area contributed by atoms with Crippen molar-refractivity contribution in [3.63, 3.8) is 0 Å². The van der Waals surface area contributed by atoms with Crippen molar-refractivity contribution >= 4 is 54.9 Å². The van der Waals surface area contributed by atoms with Gasteiger partial charge in [-0.3, -0.25) is 4.98 Å². The van der Waals surface area contributed by atoms with E-state index in [1.165, 1.54) is 11.1 Å². The van der Waals surface area contributed by atoms with Gasteiger partial charge in [0.2, 0.25) is 0 Å². The molecule has 0 saturated heterocycles. The predicted molar refractivity (Wildman–Crippen MR) is 154 cm³/mol. The van der Waals surface area contributed by atoms with Crippen LogP contribution in [-0.2, 0) is 4.74 Å². The third kappa shape index (κ3) is 5.17. The lowest BCUT2D eigenvalue weighted by Crippen LogP contribution is -2.25. The molecule has 5 nitrogen and oxygen atoms in total. The van der Waals surface area contributed by atoms with Crippen molar-refractivity contribution in [1.82, 2.24) is 9.97 Å². The van der Waals surface area contributed by atoms with Gasteiger partial charge in [0.1, 0.15) is 10.8 Å². The maximum Gasteiger partial charge on any atom is 0.359 e. The van der Waals surface area contributed by atoms with Crippen molar-refractivity contribution < 1.29 is 9.53 Å². The van der Waals surface area contributed by atoms with Crippen LogP contribution in [0.4, 0.5) is 5.69 Å². The van der Waals surface area contributed by atoms with Crippen molar-refractivity contribution in [2.75, 3.05) is 5.32 Å². The van der Waals surface area contributed by atoms with Crippen molar-refractivity contribution in [3.05, 3.63) is 88.8 Å². The first-order valence-electron chi connectivity index (χ1n) is 12.1. The van der Waals surface area contributed by atoms with E-state index in [0.717, 1.165) is 31.4 Å². The SMILES string of the molecule is Cc1cc(C(C)Nc2ccc(Cl)nc2C(=O)OC(C)(C)C)c2sc3c(-c4ccccc4)ccnc3c2c1. The number of carbonyl (C=O) groups excluding carboxylic acids is 1. The molecule has 2 aromatic carbocycles. The Bertz CT molecular complexity index is 1620. The van der Waals surface area contributed by atoms with Gasteiger partial charge in [0.25, 0.3) is 0 Å². The van der Waals surface area contributed by atoms with Gasteiger partial charge in [-0.05, 0) is 70.0 Å². The molecule has 1 N–H and O–H groups in total. The van der Waals surface area contributed by atoms with E-state index in [1.54, 1.807) is 23.5 Å². The van der Waals surface area contributed by atoms with E-state index in [-0.39, 0.29) is 16.9 Å². The smallest absolute Gasteiger partial charge is 0.359 e. The second-order valence-electron chi connectivity index (χ2n) is 10.1. The zero-order valence-electron chi connectivity index (χ0n) is 21.4. The van der Waals surface area contributed by atoms with E-state index < -0.39 is 11.6 Å². The molecule has 1 unspecified atom stereocenters. The van der Waals surface area contributed by atoms with E-state index in [1.807, 2.05) is 33.0 Å². The Kier molecular flexibility index (Phi) is 6.65. The fraction of sp³-hybridized carbons (Fsp3) is 0.233. The molecule has 0 amide bonds. The van der Waals surface area contributed by atoms with Crippen LogP contribution in [0.2, 0.25) is 5.15 Å². The summed E-state index contributed by atoms with van der Waals surface area (Å²) in [6, 6.07) is 20.2. The molecule has 0 radical (unpaired) electrons. The number of anilines is 1. The monoisotopic (exact) mass is 529 g/mol. The van der Waals surface area contributed by atoms with Gasteiger partial charge in [0.05, 0.1) is 21.9 Å². The molecular weight excluding hydrogens is 502 g/mol. The van der Waals surface area contributed by atoms with Crippen LogP contribution in [0.5, 0.6) is 0 Å². The van der Waals surface area contributed by atoms with Crippen molar-refractivity contribution in [1.29, 1.82) is 0 Å². The highest BCUT2D eigenvalue weighted by molar-refractivity contribution is 7.26. The standard InChI is InChI=1S/C30H28ClN3O2S/c1-17-15-21(18(2)33-23-11-12-24(31)34-26(23)29(35)36-30(3,4)5)27-22(16-17)25-28(37-27)20(13-14-32-25)19-9-7-6-8-10-19/h6-16,18,33H,1-5H3. The molecular formula is C30H28ClN3O2S. The van der Waals surface area contributed by atoms with Gasteiger partial charge >= 0.3 is 5.97 Å². The zero-order chi connectivity index (χ0) is 26.3. The lowest BCUT2D eigenvalue weighted by Gasteiger charge is -2.22. The van der Waals surface area contributed by atoms with E-state index in [2.05, 4.69) is 66.6 Å². The third-order valence-corrected chi connectivity index (χ3v) is 7.49. The van der Waals surface area contributed by atoms with Crippen molar-refractivity contribution in [2.45, 2.75) is 46.3 Å². The van der Waals surface area contributed by atoms with E-state index in [4.69, 9.17) is 21.3 Å². The molecule has 0 saturated carbocycles. The zero-order valence-corrected chi connectivity index (χ0v) is 23.0. The van der Waals surface area contributed by atoms with Crippen LogP contribution in [0.1, 0.15) is 55.4 Å². The second-order valence-corrected chi connectivity index (χ2v) is 11.5. The van der Waals surface area contributed by atoms with E-state index >= 15 is 0 Å². The maximum atomic E-state index is 12.9. The van der Waals surface area contributed by atoms with Crippen molar-refractivity contribution in [2.24, 2.45) is 0 Å². The van der Waals surface area contributed by atoms with Crippen LogP contribution < -0.4 is 5.32 Å². The topological polar surface area (TPSA) is 64.1 Å². The summed E-state index contributed by atoms with van der Waals surface area (Å²) in [6.45, 7) is 9.66. The number of halogens is 1. The molecule has 3 heterocycles. The van der Waals surface area contributed by atoms with Gasteiger partial charge in [-0.2, -0.15) is 0 Å². The molecule has 0 aliphatic carbocycles. The summed E-state index contributed by atoms with van der Waals surface area (Å²) in [5, 5.41) is 4.86. The minimum Gasteiger partial charge on any atom is -0.455 e. The minimum atomic E-state index is -0.646. The fourth-order valence-electron chi connectivity index (χ4n) is 4.45. The Morgan fingerprint density at radius 2 is 1.81 bits per heavy atom. The molecule has 37 heavy (non-hydrogen) atoms. The fourth-order valence-corrected chi connectivity index (χ4v) is 5.97. The number of hydrogen-bond acceptors (Lipinski definition) is 6. The number of ether oxygens (including phenoxy) is 1. The summed E-state index contributed by atoms with van der Waals surface area (Å²) in [7, 11) is 0. The Morgan fingerprint density at radius 3 is 2.54 bits per heavy atom. The quantitative estimate of drug-likeness (QED) is 0.182. The summed E-state index contributed by atoms with van der Waals surface area (Å²) in [5.41, 5.74) is 5.71. The number of fused-ring (bicyclic) bond motifs is 3. The maximum absolute atomic E-state index is 12.9. The Hall–Kier alpha value is -3.48. The Balaban J connectivity index is 1.59. The number of aryl methyl sites for hydroxylation is 1. The number of thiophene rings is 1.